The van der Waals surface area contributed by atoms with Gasteiger partial charge < -0.3 is 0 Å². The number of nitrogens with zero attached hydrogens (tertiary/aromatic N) is 4. The fourth-order valence-electron chi connectivity index (χ4n) is 1.85. The Hall–Kier alpha value is -1.72. The first-order valence-corrected chi connectivity index (χ1v) is 7.98. The normalized spacial score (nSPS) is 18.2. The molecule has 0 saturated heterocycles. The second-order valence-electron chi connectivity index (χ2n) is 4.39. The molecule has 0 saturated carbocycles. The topological polar surface area (TPSA) is 86.3 Å². The lowest BCUT2D eigenvalue weighted by Crippen LogP contribution is -2.15. The van der Waals surface area contributed by atoms with E-state index in [1.54, 1.807) is 23.5 Å². The number of aromatic amines is 1. The van der Waals surface area contributed by atoms with Gasteiger partial charge in [-0.15, -0.1) is 0 Å². The third-order valence-electron chi connectivity index (χ3n) is 2.79. The van der Waals surface area contributed by atoms with Gasteiger partial charge in [0.15, 0.2) is 5.65 Å². The smallest absolute Gasteiger partial charge is 0.272 e. The second-order valence-corrected chi connectivity index (χ2v) is 6.62. The van der Waals surface area contributed by atoms with Gasteiger partial charge in [-0.3, -0.25) is 14.9 Å². The summed E-state index contributed by atoms with van der Waals surface area (Å²) in [6, 6.07) is 3.87. The Kier molecular flexibility index (Phi) is 3.54. The molecule has 0 bridgehead atoms. The lowest BCUT2D eigenvalue weighted by molar-refractivity contribution is 0.867. The summed E-state index contributed by atoms with van der Waals surface area (Å²) < 4.78 is 2.31. The van der Waals surface area contributed by atoms with Crippen LogP contribution in [0.25, 0.3) is 5.65 Å². The number of aromatic nitrogens is 3. The van der Waals surface area contributed by atoms with E-state index in [-0.39, 0.29) is 5.56 Å². The molecule has 0 aromatic carbocycles. The van der Waals surface area contributed by atoms with E-state index < -0.39 is 0 Å². The molecule has 1 atom stereocenters. The predicted molar refractivity (Wildman–Crippen MR) is 81.2 cm³/mol. The van der Waals surface area contributed by atoms with Crippen molar-refractivity contribution >= 4 is 33.5 Å². The highest BCUT2D eigenvalue weighted by Gasteiger charge is 2.15. The van der Waals surface area contributed by atoms with Gasteiger partial charge in [0.25, 0.3) is 5.56 Å². The maximum absolute atomic E-state index is 11.9. The molecule has 1 unspecified atom stereocenters. The van der Waals surface area contributed by atoms with E-state index in [9.17, 15) is 4.79 Å². The number of nitriles is 1. The lowest BCUT2D eigenvalue weighted by atomic mass is 10.3. The molecular formula is C12H11N5OS2. The Morgan fingerprint density at radius 1 is 1.70 bits per heavy atom. The molecule has 2 aromatic rings. The van der Waals surface area contributed by atoms with Crippen molar-refractivity contribution in [1.82, 2.24) is 14.6 Å². The first kappa shape index (κ1) is 13.3. The molecule has 20 heavy (non-hydrogen) atoms. The molecule has 1 N–H and O–H groups in total. The molecule has 8 heteroatoms. The Labute approximate surface area is 123 Å². The number of hydrogen-bond donors (Lipinski definition) is 1. The minimum Gasteiger partial charge on any atom is -0.295 e. The Bertz CT molecular complexity index is 785. The SMILES string of the molecule is CC1CSC(SCc2cc(=O)n3[nH]cc(C#N)c3n2)=N1. The predicted octanol–water partition coefficient (Wildman–Crippen LogP) is 1.62. The van der Waals surface area contributed by atoms with Gasteiger partial charge in [0.2, 0.25) is 0 Å². The average molecular weight is 305 g/mol. The third kappa shape index (κ3) is 2.46. The van der Waals surface area contributed by atoms with Crippen LogP contribution in [0.2, 0.25) is 0 Å². The van der Waals surface area contributed by atoms with Gasteiger partial charge in [-0.1, -0.05) is 23.5 Å². The minimum absolute atomic E-state index is 0.207. The highest BCUT2D eigenvalue weighted by molar-refractivity contribution is 8.38. The lowest BCUT2D eigenvalue weighted by Gasteiger charge is -2.01. The molecule has 2 aromatic heterocycles. The van der Waals surface area contributed by atoms with Gasteiger partial charge in [-0.25, -0.2) is 9.50 Å². The monoisotopic (exact) mass is 305 g/mol. The van der Waals surface area contributed by atoms with Crippen LogP contribution in [0.15, 0.2) is 22.1 Å². The van der Waals surface area contributed by atoms with Gasteiger partial charge in [-0.05, 0) is 6.92 Å². The van der Waals surface area contributed by atoms with Crippen LogP contribution in [-0.4, -0.2) is 30.8 Å². The summed E-state index contributed by atoms with van der Waals surface area (Å²) in [5, 5.41) is 11.7. The molecule has 3 rings (SSSR count). The maximum atomic E-state index is 11.9. The van der Waals surface area contributed by atoms with Crippen molar-refractivity contribution in [3.05, 3.63) is 33.9 Å². The summed E-state index contributed by atoms with van der Waals surface area (Å²) >= 11 is 3.31. The van der Waals surface area contributed by atoms with E-state index in [1.165, 1.54) is 16.8 Å². The zero-order valence-corrected chi connectivity index (χ0v) is 12.3. The number of hydrogen-bond acceptors (Lipinski definition) is 6. The van der Waals surface area contributed by atoms with Crippen molar-refractivity contribution in [3.8, 4) is 6.07 Å². The van der Waals surface area contributed by atoms with Crippen LogP contribution in [0.1, 0.15) is 18.2 Å². The summed E-state index contributed by atoms with van der Waals surface area (Å²) in [5.74, 6) is 1.59. The van der Waals surface area contributed by atoms with E-state index in [0.29, 0.717) is 28.7 Å². The number of rotatable bonds is 2. The van der Waals surface area contributed by atoms with Crippen LogP contribution >= 0.6 is 23.5 Å². The van der Waals surface area contributed by atoms with Crippen molar-refractivity contribution in [3.63, 3.8) is 0 Å². The molecule has 0 aliphatic carbocycles. The Balaban J connectivity index is 1.87. The Morgan fingerprint density at radius 2 is 2.55 bits per heavy atom. The summed E-state index contributed by atoms with van der Waals surface area (Å²) in [6.45, 7) is 2.08. The molecule has 102 valence electrons. The minimum atomic E-state index is -0.207. The van der Waals surface area contributed by atoms with Crippen LogP contribution in [0, 0.1) is 11.3 Å². The fourth-order valence-corrected chi connectivity index (χ4v) is 3.95. The molecule has 0 amide bonds. The summed E-state index contributed by atoms with van der Waals surface area (Å²) in [5.41, 5.74) is 1.21. The van der Waals surface area contributed by atoms with Gasteiger partial charge >= 0.3 is 0 Å². The van der Waals surface area contributed by atoms with E-state index in [2.05, 4.69) is 22.0 Å². The highest BCUT2D eigenvalue weighted by atomic mass is 32.2. The quantitative estimate of drug-likeness (QED) is 0.911. The van der Waals surface area contributed by atoms with E-state index in [0.717, 1.165) is 10.1 Å². The first-order chi connectivity index (χ1) is 9.67. The first-order valence-electron chi connectivity index (χ1n) is 6.01. The maximum Gasteiger partial charge on any atom is 0.272 e. The number of nitrogens with one attached hydrogen (secondary N) is 1. The largest absolute Gasteiger partial charge is 0.295 e. The van der Waals surface area contributed by atoms with Crippen LogP contribution in [0.4, 0.5) is 0 Å². The van der Waals surface area contributed by atoms with Crippen molar-refractivity contribution in [2.75, 3.05) is 5.75 Å². The van der Waals surface area contributed by atoms with Crippen LogP contribution in [0.5, 0.6) is 0 Å². The average Bonchev–Trinajstić information content (AvgIpc) is 3.02. The molecule has 0 radical (unpaired) electrons. The highest BCUT2D eigenvalue weighted by Crippen LogP contribution is 2.27. The van der Waals surface area contributed by atoms with E-state index >= 15 is 0 Å². The molecular weight excluding hydrogens is 294 g/mol. The summed E-state index contributed by atoms with van der Waals surface area (Å²) in [6.07, 6.45) is 1.49. The van der Waals surface area contributed by atoms with E-state index in [4.69, 9.17) is 5.26 Å². The van der Waals surface area contributed by atoms with Crippen LogP contribution in [0.3, 0.4) is 0 Å². The molecule has 1 aliphatic heterocycles. The van der Waals surface area contributed by atoms with Crippen molar-refractivity contribution in [2.45, 2.75) is 18.7 Å². The molecule has 3 heterocycles. The zero-order chi connectivity index (χ0) is 14.1. The number of thioether (sulfide) groups is 2. The molecule has 6 nitrogen and oxygen atoms in total. The van der Waals surface area contributed by atoms with Crippen LogP contribution in [-0.2, 0) is 5.75 Å². The van der Waals surface area contributed by atoms with E-state index in [1.807, 2.05) is 6.07 Å². The van der Waals surface area contributed by atoms with Gasteiger partial charge in [0.1, 0.15) is 16.0 Å². The second kappa shape index (κ2) is 5.34. The summed E-state index contributed by atoms with van der Waals surface area (Å²) in [4.78, 5) is 20.8. The molecule has 0 fully saturated rings. The number of H-pyrrole nitrogens is 1. The van der Waals surface area contributed by atoms with Crippen molar-refractivity contribution < 1.29 is 0 Å². The van der Waals surface area contributed by atoms with Gasteiger partial charge in [0.05, 0.1) is 11.7 Å². The summed E-state index contributed by atoms with van der Waals surface area (Å²) in [7, 11) is 0. The molecule has 1 aliphatic rings. The van der Waals surface area contributed by atoms with Crippen molar-refractivity contribution in [2.24, 2.45) is 4.99 Å². The Morgan fingerprint density at radius 3 is 3.25 bits per heavy atom. The fraction of sp³-hybridized carbons (Fsp3) is 0.333. The van der Waals surface area contributed by atoms with Gasteiger partial charge in [-0.2, -0.15) is 5.26 Å². The van der Waals surface area contributed by atoms with Gasteiger partial charge in [0, 0.05) is 23.8 Å². The number of aliphatic imine (C=N–C) groups is 1. The number of fused-ring (bicyclic) bond motifs is 1. The molecule has 0 spiro atoms. The van der Waals surface area contributed by atoms with Crippen molar-refractivity contribution in [1.29, 1.82) is 5.26 Å². The van der Waals surface area contributed by atoms with Crippen LogP contribution < -0.4 is 5.56 Å². The zero-order valence-electron chi connectivity index (χ0n) is 10.7. The third-order valence-corrected chi connectivity index (χ3v) is 5.29. The standard InChI is InChI=1S/C12H11N5OS2/c1-7-5-19-12(15-7)20-6-9-2-10(18)17-11(16-9)8(3-13)4-14-17/h2,4,7,14H,5-6H2,1H3.